The molecule has 2 aromatic carbocycles. The fraction of sp³-hybridized carbons (Fsp3) is 0.263. The Kier molecular flexibility index (Phi) is 4.91. The van der Waals surface area contributed by atoms with E-state index in [1.165, 1.54) is 0 Å². The Morgan fingerprint density at radius 1 is 1.08 bits per heavy atom. The molecule has 5 nitrogen and oxygen atoms in total. The molecule has 3 rings (SSSR count). The summed E-state index contributed by atoms with van der Waals surface area (Å²) >= 11 is 0. The van der Waals surface area contributed by atoms with Crippen molar-refractivity contribution in [1.82, 2.24) is 15.0 Å². The minimum atomic E-state index is 0.465. The summed E-state index contributed by atoms with van der Waals surface area (Å²) in [5, 5.41) is 4.10. The fourth-order valence-corrected chi connectivity index (χ4v) is 2.34. The highest BCUT2D eigenvalue weighted by Crippen LogP contribution is 2.30. The molecule has 3 aromatic rings. The minimum Gasteiger partial charge on any atom is -0.491 e. The normalized spacial score (nSPS) is 11.0. The zero-order chi connectivity index (χ0) is 16.9. The van der Waals surface area contributed by atoms with Crippen LogP contribution in [0.4, 0.5) is 0 Å². The number of nitrogens with zero attached hydrogens (tertiary/aromatic N) is 3. The summed E-state index contributed by atoms with van der Waals surface area (Å²) in [5.74, 6) is 1.79. The minimum absolute atomic E-state index is 0.465. The van der Waals surface area contributed by atoms with Crippen LogP contribution >= 0.6 is 0 Å². The number of ether oxygens (including phenoxy) is 1. The third-order valence-electron chi connectivity index (χ3n) is 3.62. The molecular weight excluding hydrogens is 302 g/mol. The van der Waals surface area contributed by atoms with Gasteiger partial charge in [-0.3, -0.25) is 0 Å². The maximum atomic E-state index is 5.87. The second kappa shape index (κ2) is 7.27. The first-order valence-electron chi connectivity index (χ1n) is 7.91. The first-order chi connectivity index (χ1) is 11.6. The first kappa shape index (κ1) is 16.2. The number of aryl methyl sites for hydroxylation is 1. The van der Waals surface area contributed by atoms with Gasteiger partial charge in [0.05, 0.1) is 5.56 Å². The van der Waals surface area contributed by atoms with Gasteiger partial charge < -0.3 is 14.2 Å². The molecule has 0 atom stereocenters. The predicted molar refractivity (Wildman–Crippen MR) is 94.0 cm³/mol. The Morgan fingerprint density at radius 2 is 1.92 bits per heavy atom. The van der Waals surface area contributed by atoms with Crippen molar-refractivity contribution >= 4 is 0 Å². The number of rotatable bonds is 6. The van der Waals surface area contributed by atoms with Crippen molar-refractivity contribution in [3.05, 3.63) is 54.1 Å². The molecule has 0 spiro atoms. The number of aromatic nitrogens is 2. The number of likely N-dealkylation sites (N-methyl/N-ethyl adjacent to an activating group) is 1. The quantitative estimate of drug-likeness (QED) is 0.693. The predicted octanol–water partition coefficient (Wildman–Crippen LogP) is 3.65. The van der Waals surface area contributed by atoms with Crippen molar-refractivity contribution in [3.8, 4) is 28.6 Å². The van der Waals surface area contributed by atoms with Crippen molar-refractivity contribution in [2.24, 2.45) is 0 Å². The molecule has 124 valence electrons. The van der Waals surface area contributed by atoms with E-state index in [1.807, 2.05) is 69.6 Å². The molecular formula is C19H21N3O2. The van der Waals surface area contributed by atoms with Gasteiger partial charge in [0, 0.05) is 12.1 Å². The van der Waals surface area contributed by atoms with E-state index in [9.17, 15) is 0 Å². The topological polar surface area (TPSA) is 51.4 Å². The lowest BCUT2D eigenvalue weighted by atomic mass is 10.1. The van der Waals surface area contributed by atoms with Gasteiger partial charge in [0.1, 0.15) is 12.4 Å². The Bertz CT molecular complexity index is 812. The standard InChI is InChI=1S/C19H21N3O2/c1-14-7-6-8-15(13-14)18-20-19(24-21-18)16-9-4-5-10-17(16)23-12-11-22(2)3/h4-10,13H,11-12H2,1-3H3. The summed E-state index contributed by atoms with van der Waals surface area (Å²) in [6, 6.07) is 15.8. The number of para-hydroxylation sites is 1. The van der Waals surface area contributed by atoms with Gasteiger partial charge in [-0.05, 0) is 39.2 Å². The van der Waals surface area contributed by atoms with Crippen LogP contribution in [-0.2, 0) is 0 Å². The molecule has 5 heteroatoms. The largest absolute Gasteiger partial charge is 0.491 e. The SMILES string of the molecule is Cc1cccc(-c2noc(-c3ccccc3OCCN(C)C)n2)c1. The molecule has 0 aliphatic carbocycles. The van der Waals surface area contributed by atoms with Gasteiger partial charge in [0.25, 0.3) is 5.89 Å². The third kappa shape index (κ3) is 3.81. The van der Waals surface area contributed by atoms with E-state index in [0.29, 0.717) is 18.3 Å². The van der Waals surface area contributed by atoms with Crippen molar-refractivity contribution in [3.63, 3.8) is 0 Å². The van der Waals surface area contributed by atoms with Gasteiger partial charge in [-0.2, -0.15) is 4.98 Å². The molecule has 1 heterocycles. The smallest absolute Gasteiger partial charge is 0.262 e. The van der Waals surface area contributed by atoms with Crippen molar-refractivity contribution in [2.45, 2.75) is 6.92 Å². The van der Waals surface area contributed by atoms with E-state index >= 15 is 0 Å². The lowest BCUT2D eigenvalue weighted by Crippen LogP contribution is -2.19. The summed E-state index contributed by atoms with van der Waals surface area (Å²) in [6.07, 6.45) is 0. The van der Waals surface area contributed by atoms with Crippen LogP contribution in [0.2, 0.25) is 0 Å². The van der Waals surface area contributed by atoms with Crippen LogP contribution in [0.3, 0.4) is 0 Å². The van der Waals surface area contributed by atoms with Crippen LogP contribution in [0.15, 0.2) is 53.1 Å². The maximum absolute atomic E-state index is 5.87. The summed E-state index contributed by atoms with van der Waals surface area (Å²) in [4.78, 5) is 6.60. The second-order valence-electron chi connectivity index (χ2n) is 5.94. The second-order valence-corrected chi connectivity index (χ2v) is 5.94. The summed E-state index contributed by atoms with van der Waals surface area (Å²) in [6.45, 7) is 3.48. The molecule has 0 bridgehead atoms. The number of hydrogen-bond donors (Lipinski definition) is 0. The van der Waals surface area contributed by atoms with Crippen LogP contribution in [0.1, 0.15) is 5.56 Å². The van der Waals surface area contributed by atoms with Gasteiger partial charge in [-0.15, -0.1) is 0 Å². The highest BCUT2D eigenvalue weighted by atomic mass is 16.5. The van der Waals surface area contributed by atoms with E-state index in [1.54, 1.807) is 0 Å². The van der Waals surface area contributed by atoms with E-state index in [4.69, 9.17) is 9.26 Å². The Morgan fingerprint density at radius 3 is 2.71 bits per heavy atom. The van der Waals surface area contributed by atoms with Gasteiger partial charge in [-0.25, -0.2) is 0 Å². The molecule has 0 saturated heterocycles. The Labute approximate surface area is 141 Å². The van der Waals surface area contributed by atoms with Gasteiger partial charge in [-0.1, -0.05) is 41.1 Å². The molecule has 1 aromatic heterocycles. The van der Waals surface area contributed by atoms with Crippen molar-refractivity contribution in [1.29, 1.82) is 0 Å². The molecule has 0 aliphatic rings. The zero-order valence-corrected chi connectivity index (χ0v) is 14.2. The Balaban J connectivity index is 1.85. The van der Waals surface area contributed by atoms with E-state index in [-0.39, 0.29) is 0 Å². The zero-order valence-electron chi connectivity index (χ0n) is 14.2. The first-order valence-corrected chi connectivity index (χ1v) is 7.91. The molecule has 0 unspecified atom stereocenters. The summed E-state index contributed by atoms with van der Waals surface area (Å²) in [5.41, 5.74) is 2.91. The van der Waals surface area contributed by atoms with Gasteiger partial charge in [0.2, 0.25) is 5.82 Å². The van der Waals surface area contributed by atoms with Crippen LogP contribution in [0, 0.1) is 6.92 Å². The molecule has 24 heavy (non-hydrogen) atoms. The van der Waals surface area contributed by atoms with Gasteiger partial charge >= 0.3 is 0 Å². The number of benzene rings is 2. The molecule has 0 N–H and O–H groups in total. The molecule has 0 fully saturated rings. The number of hydrogen-bond acceptors (Lipinski definition) is 5. The molecule has 0 aliphatic heterocycles. The monoisotopic (exact) mass is 323 g/mol. The summed E-state index contributed by atoms with van der Waals surface area (Å²) < 4.78 is 11.3. The molecule has 0 radical (unpaired) electrons. The van der Waals surface area contributed by atoms with E-state index in [2.05, 4.69) is 15.0 Å². The lowest BCUT2D eigenvalue weighted by Gasteiger charge is -2.12. The van der Waals surface area contributed by atoms with Gasteiger partial charge in [0.15, 0.2) is 0 Å². The van der Waals surface area contributed by atoms with Crippen LogP contribution in [0.5, 0.6) is 5.75 Å². The maximum Gasteiger partial charge on any atom is 0.262 e. The average molecular weight is 323 g/mol. The lowest BCUT2D eigenvalue weighted by molar-refractivity contribution is 0.261. The highest BCUT2D eigenvalue weighted by Gasteiger charge is 2.14. The van der Waals surface area contributed by atoms with Crippen molar-refractivity contribution in [2.75, 3.05) is 27.2 Å². The highest BCUT2D eigenvalue weighted by molar-refractivity contribution is 5.65. The summed E-state index contributed by atoms with van der Waals surface area (Å²) in [7, 11) is 4.03. The van der Waals surface area contributed by atoms with E-state index < -0.39 is 0 Å². The molecule has 0 saturated carbocycles. The van der Waals surface area contributed by atoms with Crippen LogP contribution < -0.4 is 4.74 Å². The Hall–Kier alpha value is -2.66. The fourth-order valence-electron chi connectivity index (χ4n) is 2.34. The third-order valence-corrected chi connectivity index (χ3v) is 3.62. The van der Waals surface area contributed by atoms with E-state index in [0.717, 1.165) is 29.0 Å². The van der Waals surface area contributed by atoms with Crippen LogP contribution in [-0.4, -0.2) is 42.3 Å². The molecule has 0 amide bonds. The average Bonchev–Trinajstić information content (AvgIpc) is 3.05. The van der Waals surface area contributed by atoms with Crippen LogP contribution in [0.25, 0.3) is 22.8 Å². The van der Waals surface area contributed by atoms with Crippen molar-refractivity contribution < 1.29 is 9.26 Å².